The number of rotatable bonds is 4. The van der Waals surface area contributed by atoms with Crippen molar-refractivity contribution >= 4 is 0 Å². The first-order valence-corrected chi connectivity index (χ1v) is 6.88. The zero-order valence-corrected chi connectivity index (χ0v) is 11.6. The molecule has 0 radical (unpaired) electrons. The molecule has 1 aliphatic carbocycles. The van der Waals surface area contributed by atoms with Gasteiger partial charge in [-0.05, 0) is 56.2 Å². The lowest BCUT2D eigenvalue weighted by Crippen LogP contribution is -2.37. The molecule has 2 atom stereocenters. The van der Waals surface area contributed by atoms with Crippen LogP contribution in [0.3, 0.4) is 0 Å². The molecule has 1 fully saturated rings. The molecule has 1 N–H and O–H groups in total. The van der Waals surface area contributed by atoms with E-state index in [1.165, 1.54) is 30.5 Å². The first-order valence-electron chi connectivity index (χ1n) is 6.88. The molecule has 0 saturated heterocycles. The Balaban J connectivity index is 2.04. The van der Waals surface area contributed by atoms with Gasteiger partial charge in [-0.15, -0.1) is 0 Å². The molecule has 1 aromatic carbocycles. The smallest absolute Gasteiger partial charge is 0.00104 e. The summed E-state index contributed by atoms with van der Waals surface area (Å²) in [6.07, 6.45) is 2.76. The van der Waals surface area contributed by atoms with Gasteiger partial charge in [-0.3, -0.25) is 0 Å². The molecule has 0 aliphatic heterocycles. The summed E-state index contributed by atoms with van der Waals surface area (Å²) >= 11 is 0. The molecule has 94 valence electrons. The normalized spacial score (nSPS) is 23.8. The van der Waals surface area contributed by atoms with Crippen LogP contribution in [-0.4, -0.2) is 12.6 Å². The first kappa shape index (κ1) is 12.6. The van der Waals surface area contributed by atoms with Crippen LogP contribution in [0.2, 0.25) is 0 Å². The third-order valence-electron chi connectivity index (χ3n) is 4.04. The van der Waals surface area contributed by atoms with E-state index >= 15 is 0 Å². The Morgan fingerprint density at radius 3 is 2.59 bits per heavy atom. The van der Waals surface area contributed by atoms with Gasteiger partial charge in [0.25, 0.3) is 0 Å². The number of hydrogen-bond acceptors (Lipinski definition) is 1. The minimum Gasteiger partial charge on any atom is -0.314 e. The highest BCUT2D eigenvalue weighted by Crippen LogP contribution is 2.43. The molecule has 17 heavy (non-hydrogen) atoms. The van der Waals surface area contributed by atoms with Crippen LogP contribution in [0.4, 0.5) is 0 Å². The maximum atomic E-state index is 3.58. The Kier molecular flexibility index (Phi) is 3.88. The van der Waals surface area contributed by atoms with Crippen molar-refractivity contribution in [3.63, 3.8) is 0 Å². The molecular formula is C16H25N. The summed E-state index contributed by atoms with van der Waals surface area (Å²) in [4.78, 5) is 0. The van der Waals surface area contributed by atoms with Gasteiger partial charge in [-0.1, -0.05) is 37.6 Å². The summed E-state index contributed by atoms with van der Waals surface area (Å²) in [6, 6.07) is 7.49. The molecule has 2 rings (SSSR count). The van der Waals surface area contributed by atoms with Gasteiger partial charge in [-0.2, -0.15) is 0 Å². The van der Waals surface area contributed by atoms with Crippen LogP contribution in [-0.2, 0) is 0 Å². The minimum absolute atomic E-state index is 0.606. The fraction of sp³-hybridized carbons (Fsp3) is 0.625. The number of benzene rings is 1. The summed E-state index contributed by atoms with van der Waals surface area (Å²) in [5.41, 5.74) is 4.45. The Bertz CT molecular complexity index is 381. The van der Waals surface area contributed by atoms with Crippen molar-refractivity contribution in [1.29, 1.82) is 0 Å². The van der Waals surface area contributed by atoms with E-state index in [1.807, 2.05) is 0 Å². The van der Waals surface area contributed by atoms with E-state index in [0.717, 1.165) is 11.8 Å². The third-order valence-corrected chi connectivity index (χ3v) is 4.04. The maximum absolute atomic E-state index is 3.58. The fourth-order valence-corrected chi connectivity index (χ4v) is 2.77. The molecule has 0 aromatic heterocycles. The topological polar surface area (TPSA) is 12.0 Å². The Labute approximate surface area is 106 Å². The molecule has 1 nitrogen and oxygen atoms in total. The van der Waals surface area contributed by atoms with Crippen molar-refractivity contribution in [2.24, 2.45) is 5.92 Å². The van der Waals surface area contributed by atoms with Gasteiger partial charge in [0.2, 0.25) is 0 Å². The van der Waals surface area contributed by atoms with Crippen molar-refractivity contribution < 1.29 is 0 Å². The van der Waals surface area contributed by atoms with Gasteiger partial charge in [0, 0.05) is 6.04 Å². The lowest BCUT2D eigenvalue weighted by Gasteiger charge is -2.38. The average molecular weight is 231 g/mol. The zero-order chi connectivity index (χ0) is 12.4. The highest BCUT2D eigenvalue weighted by atomic mass is 14.9. The fourth-order valence-electron chi connectivity index (χ4n) is 2.77. The summed E-state index contributed by atoms with van der Waals surface area (Å²) in [6.45, 7) is 10.1. The van der Waals surface area contributed by atoms with E-state index < -0.39 is 0 Å². The average Bonchev–Trinajstić information content (AvgIpc) is 2.21. The van der Waals surface area contributed by atoms with E-state index in [9.17, 15) is 0 Å². The second-order valence-electron chi connectivity index (χ2n) is 5.87. The summed E-state index contributed by atoms with van der Waals surface area (Å²) in [7, 11) is 0. The quantitative estimate of drug-likeness (QED) is 0.831. The predicted octanol–water partition coefficient (Wildman–Crippen LogP) is 3.80. The highest BCUT2D eigenvalue weighted by molar-refractivity contribution is 5.35. The van der Waals surface area contributed by atoms with E-state index in [0.29, 0.717) is 6.04 Å². The van der Waals surface area contributed by atoms with Crippen LogP contribution in [0.25, 0.3) is 0 Å². The van der Waals surface area contributed by atoms with Crippen LogP contribution < -0.4 is 5.32 Å². The zero-order valence-electron chi connectivity index (χ0n) is 11.6. The molecule has 0 heterocycles. The van der Waals surface area contributed by atoms with Gasteiger partial charge in [0.15, 0.2) is 0 Å². The minimum atomic E-state index is 0.606. The van der Waals surface area contributed by atoms with Gasteiger partial charge < -0.3 is 5.32 Å². The van der Waals surface area contributed by atoms with Gasteiger partial charge in [-0.25, -0.2) is 0 Å². The van der Waals surface area contributed by atoms with Crippen molar-refractivity contribution in [1.82, 2.24) is 5.32 Å². The molecular weight excluding hydrogens is 206 g/mol. The van der Waals surface area contributed by atoms with Crippen LogP contribution in [0.15, 0.2) is 18.2 Å². The van der Waals surface area contributed by atoms with E-state index in [-0.39, 0.29) is 0 Å². The van der Waals surface area contributed by atoms with Crippen molar-refractivity contribution in [3.05, 3.63) is 34.9 Å². The Morgan fingerprint density at radius 1 is 1.24 bits per heavy atom. The summed E-state index contributed by atoms with van der Waals surface area (Å²) in [5, 5.41) is 3.58. The van der Waals surface area contributed by atoms with Crippen LogP contribution in [0.5, 0.6) is 0 Å². The van der Waals surface area contributed by atoms with Crippen LogP contribution >= 0.6 is 0 Å². The van der Waals surface area contributed by atoms with E-state index in [4.69, 9.17) is 0 Å². The number of hydrogen-bond donors (Lipinski definition) is 1. The standard InChI is InChI=1S/C16H25N/c1-11(2)17-10-14-7-8-15(14)16-9-12(3)5-6-13(16)4/h5-6,9,11,14-15,17H,7-8,10H2,1-4H3. The van der Waals surface area contributed by atoms with E-state index in [1.54, 1.807) is 5.56 Å². The molecule has 1 heteroatoms. The lowest BCUT2D eigenvalue weighted by molar-refractivity contribution is 0.240. The third kappa shape index (κ3) is 2.90. The number of nitrogens with one attached hydrogen (secondary N) is 1. The maximum Gasteiger partial charge on any atom is 0.00104 e. The molecule has 0 spiro atoms. The molecule has 2 unspecified atom stereocenters. The molecule has 1 saturated carbocycles. The summed E-state index contributed by atoms with van der Waals surface area (Å²) in [5.74, 6) is 1.64. The summed E-state index contributed by atoms with van der Waals surface area (Å²) < 4.78 is 0. The first-order chi connectivity index (χ1) is 8.08. The second kappa shape index (κ2) is 5.22. The predicted molar refractivity (Wildman–Crippen MR) is 74.5 cm³/mol. The molecule has 1 aliphatic rings. The van der Waals surface area contributed by atoms with Gasteiger partial charge >= 0.3 is 0 Å². The molecule has 0 bridgehead atoms. The van der Waals surface area contributed by atoms with Crippen molar-refractivity contribution in [2.45, 2.75) is 52.5 Å². The largest absolute Gasteiger partial charge is 0.314 e. The Hall–Kier alpha value is -0.820. The Morgan fingerprint density at radius 2 is 2.00 bits per heavy atom. The second-order valence-corrected chi connectivity index (χ2v) is 5.87. The van der Waals surface area contributed by atoms with E-state index in [2.05, 4.69) is 51.2 Å². The van der Waals surface area contributed by atoms with Crippen LogP contribution in [0, 0.1) is 19.8 Å². The molecule has 0 amide bonds. The molecule has 1 aromatic rings. The van der Waals surface area contributed by atoms with Crippen molar-refractivity contribution in [2.75, 3.05) is 6.54 Å². The van der Waals surface area contributed by atoms with Crippen molar-refractivity contribution in [3.8, 4) is 0 Å². The lowest BCUT2D eigenvalue weighted by atomic mass is 9.68. The monoisotopic (exact) mass is 231 g/mol. The number of aryl methyl sites for hydroxylation is 2. The van der Waals surface area contributed by atoms with Gasteiger partial charge in [0.05, 0.1) is 0 Å². The van der Waals surface area contributed by atoms with Crippen LogP contribution in [0.1, 0.15) is 49.3 Å². The SMILES string of the molecule is Cc1ccc(C)c(C2CCC2CNC(C)C)c1. The van der Waals surface area contributed by atoms with Gasteiger partial charge in [0.1, 0.15) is 0 Å². The highest BCUT2D eigenvalue weighted by Gasteiger charge is 2.32.